The van der Waals surface area contributed by atoms with Gasteiger partial charge in [0.15, 0.2) is 5.96 Å². The minimum atomic E-state index is -1.42. The molecule has 0 aliphatic rings. The van der Waals surface area contributed by atoms with Crippen LogP contribution in [0.2, 0.25) is 0 Å². The molecule has 1 aromatic carbocycles. The Morgan fingerprint density at radius 1 is 1.21 bits per heavy atom. The van der Waals surface area contributed by atoms with Gasteiger partial charge in [0, 0.05) is 6.54 Å². The van der Waals surface area contributed by atoms with Gasteiger partial charge in [-0.2, -0.15) is 0 Å². The number of guanidine groups is 1. The largest absolute Gasteiger partial charge is 0.370 e. The number of rotatable bonds is 13. The number of nitrogens with two attached hydrogens (primary N) is 2. The normalized spacial score (nSPS) is 13.6. The van der Waals surface area contributed by atoms with Crippen molar-refractivity contribution in [3.05, 3.63) is 35.9 Å². The molecule has 0 aliphatic carbocycles. The molecule has 29 heavy (non-hydrogen) atoms. The van der Waals surface area contributed by atoms with E-state index in [9.17, 15) is 18.6 Å². The highest BCUT2D eigenvalue weighted by atomic mass is 32.2. The standard InChI is InChI=1S/C18H28N6O4S/c1-13(17(27)24-15(11-25)8-5-9-21-18(19)20)23-16(26)10-22-29(28)12-14-6-3-2-4-7-14/h2-4,6-7,11,13,15,22H,5,8-10,12H2,1H3,(H,23,26)(H,24,27)(H4,19,20,21)/t13-,15-,29?/m0/s1. The zero-order valence-corrected chi connectivity index (χ0v) is 17.1. The van der Waals surface area contributed by atoms with Crippen molar-refractivity contribution >= 4 is 35.0 Å². The van der Waals surface area contributed by atoms with Crippen LogP contribution in [-0.2, 0) is 31.1 Å². The summed E-state index contributed by atoms with van der Waals surface area (Å²) in [7, 11) is -1.42. The molecular formula is C18H28N6O4S. The summed E-state index contributed by atoms with van der Waals surface area (Å²) in [4.78, 5) is 39.0. The predicted octanol–water partition coefficient (Wildman–Crippen LogP) is -1.32. The summed E-state index contributed by atoms with van der Waals surface area (Å²) < 4.78 is 14.6. The molecular weight excluding hydrogens is 396 g/mol. The van der Waals surface area contributed by atoms with Crippen molar-refractivity contribution in [1.29, 1.82) is 0 Å². The number of aldehydes is 1. The highest BCUT2D eigenvalue weighted by Gasteiger charge is 2.19. The van der Waals surface area contributed by atoms with Crippen LogP contribution in [0.5, 0.6) is 0 Å². The van der Waals surface area contributed by atoms with Gasteiger partial charge >= 0.3 is 0 Å². The molecule has 0 radical (unpaired) electrons. The number of nitrogens with zero attached hydrogens (tertiary/aromatic N) is 1. The number of carbonyl (C=O) groups is 3. The molecule has 3 atom stereocenters. The molecule has 0 bridgehead atoms. The van der Waals surface area contributed by atoms with E-state index in [2.05, 4.69) is 20.3 Å². The fourth-order valence-electron chi connectivity index (χ4n) is 2.28. The van der Waals surface area contributed by atoms with Crippen molar-refractivity contribution in [1.82, 2.24) is 15.4 Å². The van der Waals surface area contributed by atoms with Crippen LogP contribution in [0.15, 0.2) is 35.3 Å². The highest BCUT2D eigenvalue weighted by Crippen LogP contribution is 2.01. The Morgan fingerprint density at radius 3 is 2.52 bits per heavy atom. The maximum atomic E-state index is 12.1. The summed E-state index contributed by atoms with van der Waals surface area (Å²) in [5.74, 6) is -0.746. The molecule has 11 heteroatoms. The molecule has 0 heterocycles. The van der Waals surface area contributed by atoms with Crippen molar-refractivity contribution in [2.75, 3.05) is 13.1 Å². The lowest BCUT2D eigenvalue weighted by atomic mass is 10.1. The Kier molecular flexibility index (Phi) is 11.2. The topological polar surface area (TPSA) is 169 Å². The van der Waals surface area contributed by atoms with E-state index in [0.717, 1.165) is 5.56 Å². The zero-order chi connectivity index (χ0) is 21.6. The Balaban J connectivity index is 2.33. The highest BCUT2D eigenvalue weighted by molar-refractivity contribution is 7.82. The van der Waals surface area contributed by atoms with E-state index in [0.29, 0.717) is 25.7 Å². The van der Waals surface area contributed by atoms with Crippen LogP contribution in [0.1, 0.15) is 25.3 Å². The lowest BCUT2D eigenvalue weighted by molar-refractivity contribution is -0.129. The fraction of sp³-hybridized carbons (Fsp3) is 0.444. The van der Waals surface area contributed by atoms with Crippen LogP contribution in [0.25, 0.3) is 0 Å². The first-order valence-electron chi connectivity index (χ1n) is 9.08. The minimum Gasteiger partial charge on any atom is -0.370 e. The van der Waals surface area contributed by atoms with Gasteiger partial charge in [0.25, 0.3) is 0 Å². The average molecular weight is 425 g/mol. The lowest BCUT2D eigenvalue weighted by Gasteiger charge is -2.17. The smallest absolute Gasteiger partial charge is 0.242 e. The van der Waals surface area contributed by atoms with Gasteiger partial charge in [-0.1, -0.05) is 30.3 Å². The Bertz CT molecular complexity index is 724. The van der Waals surface area contributed by atoms with Crippen molar-refractivity contribution in [3.8, 4) is 0 Å². The molecule has 1 rings (SSSR count). The van der Waals surface area contributed by atoms with Gasteiger partial charge in [-0.05, 0) is 25.3 Å². The number of amides is 2. The second kappa shape index (κ2) is 13.4. The summed E-state index contributed by atoms with van der Waals surface area (Å²) in [5, 5.41) is 5.04. The lowest BCUT2D eigenvalue weighted by Crippen LogP contribution is -2.50. The van der Waals surface area contributed by atoms with Gasteiger partial charge in [-0.15, -0.1) is 0 Å². The number of aliphatic imine (C=N–C) groups is 1. The van der Waals surface area contributed by atoms with Crippen molar-refractivity contribution in [2.24, 2.45) is 16.5 Å². The van der Waals surface area contributed by atoms with E-state index in [1.807, 2.05) is 30.3 Å². The van der Waals surface area contributed by atoms with Crippen LogP contribution in [0.3, 0.4) is 0 Å². The van der Waals surface area contributed by atoms with Crippen LogP contribution in [0, 0.1) is 0 Å². The van der Waals surface area contributed by atoms with Crippen molar-refractivity contribution < 1.29 is 18.6 Å². The SMILES string of the molecule is C[C@H](NC(=O)CNS(=O)Cc1ccccc1)C(=O)N[C@H](C=O)CCCN=C(N)N. The van der Waals surface area contributed by atoms with Crippen LogP contribution in [-0.4, -0.2) is 53.4 Å². The van der Waals surface area contributed by atoms with Crippen LogP contribution >= 0.6 is 0 Å². The third-order valence-corrected chi connectivity index (χ3v) is 4.83. The molecule has 7 N–H and O–H groups in total. The summed E-state index contributed by atoms with van der Waals surface area (Å²) in [6, 6.07) is 7.66. The molecule has 0 fully saturated rings. The third-order valence-electron chi connectivity index (χ3n) is 3.76. The molecule has 0 saturated carbocycles. The van der Waals surface area contributed by atoms with Gasteiger partial charge in [0.2, 0.25) is 11.8 Å². The summed E-state index contributed by atoms with van der Waals surface area (Å²) in [5.41, 5.74) is 11.3. The summed E-state index contributed by atoms with van der Waals surface area (Å²) in [6.45, 7) is 1.64. The Labute approximate surface area is 172 Å². The van der Waals surface area contributed by atoms with Crippen LogP contribution < -0.4 is 26.8 Å². The van der Waals surface area contributed by atoms with Gasteiger partial charge in [-0.25, -0.2) is 8.93 Å². The maximum Gasteiger partial charge on any atom is 0.242 e. The molecule has 0 aliphatic heterocycles. The molecule has 0 saturated heterocycles. The minimum absolute atomic E-state index is 0.0358. The number of nitrogens with one attached hydrogen (secondary N) is 3. The van der Waals surface area contributed by atoms with Crippen molar-refractivity contribution in [2.45, 2.75) is 37.6 Å². The van der Waals surface area contributed by atoms with Gasteiger partial charge < -0.3 is 26.9 Å². The van der Waals surface area contributed by atoms with Gasteiger partial charge in [0.05, 0.1) is 29.3 Å². The number of benzene rings is 1. The molecule has 1 unspecified atom stereocenters. The number of hydrogen-bond acceptors (Lipinski definition) is 5. The fourth-order valence-corrected chi connectivity index (χ4v) is 3.17. The number of hydrogen-bond donors (Lipinski definition) is 5. The predicted molar refractivity (Wildman–Crippen MR) is 112 cm³/mol. The maximum absolute atomic E-state index is 12.1. The first kappa shape index (κ1) is 24.2. The van der Waals surface area contributed by atoms with E-state index in [4.69, 9.17) is 11.5 Å². The van der Waals surface area contributed by atoms with E-state index in [1.54, 1.807) is 0 Å². The molecule has 0 spiro atoms. The molecule has 2 amide bonds. The molecule has 1 aromatic rings. The third kappa shape index (κ3) is 11.0. The van der Waals surface area contributed by atoms with E-state index < -0.39 is 34.9 Å². The quantitative estimate of drug-likeness (QED) is 0.114. The van der Waals surface area contributed by atoms with Gasteiger partial charge in [-0.3, -0.25) is 14.6 Å². The second-order valence-corrected chi connectivity index (χ2v) is 7.55. The Morgan fingerprint density at radius 2 is 1.90 bits per heavy atom. The zero-order valence-electron chi connectivity index (χ0n) is 16.3. The summed E-state index contributed by atoms with van der Waals surface area (Å²) >= 11 is 0. The molecule has 10 nitrogen and oxygen atoms in total. The van der Waals surface area contributed by atoms with E-state index >= 15 is 0 Å². The van der Waals surface area contributed by atoms with Gasteiger partial charge in [0.1, 0.15) is 12.3 Å². The van der Waals surface area contributed by atoms with Crippen molar-refractivity contribution in [3.63, 3.8) is 0 Å². The van der Waals surface area contributed by atoms with E-state index in [1.165, 1.54) is 6.92 Å². The number of carbonyl (C=O) groups excluding carboxylic acids is 3. The summed E-state index contributed by atoms with van der Waals surface area (Å²) in [6.07, 6.45) is 1.50. The monoisotopic (exact) mass is 424 g/mol. The molecule has 160 valence electrons. The first-order valence-corrected chi connectivity index (χ1v) is 10.4. The van der Waals surface area contributed by atoms with Crippen LogP contribution in [0.4, 0.5) is 0 Å². The second-order valence-electron chi connectivity index (χ2n) is 6.29. The molecule has 0 aromatic heterocycles. The first-order chi connectivity index (χ1) is 13.8. The Hall–Kier alpha value is -2.79. The average Bonchev–Trinajstić information content (AvgIpc) is 2.69. The van der Waals surface area contributed by atoms with E-state index in [-0.39, 0.29) is 18.3 Å².